The fourth-order valence-corrected chi connectivity index (χ4v) is 3.07. The van der Waals surface area contributed by atoms with Gasteiger partial charge in [0.25, 0.3) is 0 Å². The molecule has 0 aliphatic carbocycles. The van der Waals surface area contributed by atoms with Gasteiger partial charge in [0.2, 0.25) is 5.91 Å². The SMILES string of the molecule is C#CCCC1(CCC#CC)C[C@@H](C(=O)OC)N(C(=O)OC(C)(C)C)C1=O. The zero-order valence-electron chi connectivity index (χ0n) is 16.2. The zero-order valence-corrected chi connectivity index (χ0v) is 16.2. The fraction of sp³-hybridized carbons (Fsp3) is 0.650. The van der Waals surface area contributed by atoms with E-state index in [1.54, 1.807) is 27.7 Å². The first-order chi connectivity index (χ1) is 12.1. The lowest BCUT2D eigenvalue weighted by atomic mass is 9.76. The molecule has 26 heavy (non-hydrogen) atoms. The molecule has 1 saturated heterocycles. The molecule has 1 rings (SSSR count). The van der Waals surface area contributed by atoms with Crippen LogP contribution in [-0.2, 0) is 19.1 Å². The fourth-order valence-electron chi connectivity index (χ4n) is 3.07. The number of imide groups is 1. The second kappa shape index (κ2) is 8.76. The van der Waals surface area contributed by atoms with Crippen molar-refractivity contribution in [2.24, 2.45) is 5.41 Å². The van der Waals surface area contributed by atoms with Crippen LogP contribution in [-0.4, -0.2) is 41.6 Å². The van der Waals surface area contributed by atoms with Gasteiger partial charge in [-0.25, -0.2) is 14.5 Å². The molecule has 2 amide bonds. The molecule has 0 radical (unpaired) electrons. The van der Waals surface area contributed by atoms with Crippen molar-refractivity contribution in [1.29, 1.82) is 0 Å². The van der Waals surface area contributed by atoms with Crippen LogP contribution in [0, 0.1) is 29.6 Å². The minimum atomic E-state index is -1.02. The molecule has 1 aliphatic heterocycles. The number of methoxy groups -OCH3 is 1. The van der Waals surface area contributed by atoms with Crippen molar-refractivity contribution in [2.45, 2.75) is 71.4 Å². The van der Waals surface area contributed by atoms with Crippen LogP contribution in [0.5, 0.6) is 0 Å². The molecular formula is C20H27NO5. The van der Waals surface area contributed by atoms with E-state index in [-0.39, 0.29) is 6.42 Å². The molecule has 6 nitrogen and oxygen atoms in total. The van der Waals surface area contributed by atoms with Gasteiger partial charge >= 0.3 is 12.1 Å². The molecule has 0 aromatic rings. The van der Waals surface area contributed by atoms with Crippen molar-refractivity contribution in [1.82, 2.24) is 4.90 Å². The van der Waals surface area contributed by atoms with Gasteiger partial charge < -0.3 is 9.47 Å². The highest BCUT2D eigenvalue weighted by atomic mass is 16.6. The predicted molar refractivity (Wildman–Crippen MR) is 96.7 cm³/mol. The summed E-state index contributed by atoms with van der Waals surface area (Å²) < 4.78 is 10.1. The number of amides is 2. The summed E-state index contributed by atoms with van der Waals surface area (Å²) >= 11 is 0. The average Bonchev–Trinajstić information content (AvgIpc) is 2.84. The number of terminal acetylenes is 1. The second-order valence-corrected chi connectivity index (χ2v) is 7.31. The molecular weight excluding hydrogens is 334 g/mol. The van der Waals surface area contributed by atoms with E-state index in [1.807, 2.05) is 0 Å². The third-order valence-electron chi connectivity index (χ3n) is 4.28. The number of carbonyl (C=O) groups is 3. The highest BCUT2D eigenvalue weighted by molar-refractivity contribution is 6.02. The van der Waals surface area contributed by atoms with Crippen molar-refractivity contribution in [2.75, 3.05) is 7.11 Å². The Labute approximate surface area is 155 Å². The van der Waals surface area contributed by atoms with Gasteiger partial charge in [0.1, 0.15) is 11.6 Å². The summed E-state index contributed by atoms with van der Waals surface area (Å²) in [4.78, 5) is 38.9. The quantitative estimate of drug-likeness (QED) is 0.556. The van der Waals surface area contributed by atoms with Gasteiger partial charge in [-0.2, -0.15) is 0 Å². The molecule has 0 bridgehead atoms. The summed E-state index contributed by atoms with van der Waals surface area (Å²) in [5.74, 6) is 7.16. The van der Waals surface area contributed by atoms with Crippen molar-refractivity contribution in [3.8, 4) is 24.2 Å². The van der Waals surface area contributed by atoms with E-state index in [4.69, 9.17) is 15.9 Å². The molecule has 2 atom stereocenters. The van der Waals surface area contributed by atoms with E-state index in [0.717, 1.165) is 4.90 Å². The van der Waals surface area contributed by atoms with E-state index in [9.17, 15) is 14.4 Å². The average molecular weight is 361 g/mol. The van der Waals surface area contributed by atoms with Gasteiger partial charge in [0.15, 0.2) is 0 Å². The van der Waals surface area contributed by atoms with Gasteiger partial charge in [0, 0.05) is 12.8 Å². The Hall–Kier alpha value is -2.47. The molecule has 0 spiro atoms. The van der Waals surface area contributed by atoms with Gasteiger partial charge in [-0.1, -0.05) is 0 Å². The normalized spacial score (nSPS) is 22.2. The van der Waals surface area contributed by atoms with E-state index in [0.29, 0.717) is 25.7 Å². The monoisotopic (exact) mass is 361 g/mol. The highest BCUT2D eigenvalue weighted by Crippen LogP contribution is 2.44. The zero-order chi connectivity index (χ0) is 20.0. The molecule has 1 aliphatic rings. The number of hydrogen-bond donors (Lipinski definition) is 0. The summed E-state index contributed by atoms with van der Waals surface area (Å²) in [5.41, 5.74) is -1.72. The van der Waals surface area contributed by atoms with Crippen LogP contribution in [0.3, 0.4) is 0 Å². The maximum absolute atomic E-state index is 13.2. The van der Waals surface area contributed by atoms with E-state index < -0.39 is 35.0 Å². The summed E-state index contributed by atoms with van der Waals surface area (Å²) in [6.07, 6.45) is 6.32. The number of nitrogens with zero attached hydrogens (tertiary/aromatic N) is 1. The van der Waals surface area contributed by atoms with Crippen LogP contribution in [0.4, 0.5) is 4.79 Å². The van der Waals surface area contributed by atoms with E-state index in [1.165, 1.54) is 7.11 Å². The molecule has 0 aromatic carbocycles. The van der Waals surface area contributed by atoms with Gasteiger partial charge in [-0.15, -0.1) is 24.2 Å². The number of likely N-dealkylation sites (tertiary alicyclic amines) is 1. The van der Waals surface area contributed by atoms with Crippen LogP contribution >= 0.6 is 0 Å². The number of carbonyl (C=O) groups excluding carboxylic acids is 3. The molecule has 1 unspecified atom stereocenters. The number of rotatable bonds is 5. The van der Waals surface area contributed by atoms with Crippen LogP contribution in [0.25, 0.3) is 0 Å². The van der Waals surface area contributed by atoms with Crippen molar-refractivity contribution < 1.29 is 23.9 Å². The van der Waals surface area contributed by atoms with Crippen LogP contribution in [0.15, 0.2) is 0 Å². The first-order valence-corrected chi connectivity index (χ1v) is 8.59. The second-order valence-electron chi connectivity index (χ2n) is 7.31. The standard InChI is InChI=1S/C20H27NO5/c1-7-9-11-13-20(12-10-8-2)14-15(16(22)25-6)21(17(20)23)18(24)26-19(3,4)5/h2,15H,10-14H2,1,3-6H3/t15-,20?/m0/s1. The topological polar surface area (TPSA) is 72.9 Å². The smallest absolute Gasteiger partial charge is 0.417 e. The first-order valence-electron chi connectivity index (χ1n) is 8.59. The molecule has 1 fully saturated rings. The summed E-state index contributed by atoms with van der Waals surface area (Å²) in [6.45, 7) is 6.80. The van der Waals surface area contributed by atoms with Gasteiger partial charge in [-0.05, 0) is 47.0 Å². The minimum Gasteiger partial charge on any atom is -0.467 e. The van der Waals surface area contributed by atoms with E-state index >= 15 is 0 Å². The van der Waals surface area contributed by atoms with Gasteiger partial charge in [-0.3, -0.25) is 4.79 Å². The Morgan fingerprint density at radius 1 is 1.31 bits per heavy atom. The third kappa shape index (κ3) is 5.02. The highest BCUT2D eigenvalue weighted by Gasteiger charge is 2.56. The molecule has 1 heterocycles. The Bertz CT molecular complexity index is 658. The molecule has 0 saturated carbocycles. The maximum atomic E-state index is 13.2. The number of ether oxygens (including phenoxy) is 2. The van der Waals surface area contributed by atoms with Crippen LogP contribution < -0.4 is 0 Å². The summed E-state index contributed by atoms with van der Waals surface area (Å²) in [6, 6.07) is -1.02. The largest absolute Gasteiger partial charge is 0.467 e. The first kappa shape index (κ1) is 21.6. The van der Waals surface area contributed by atoms with Crippen LogP contribution in [0.2, 0.25) is 0 Å². The molecule has 0 N–H and O–H groups in total. The Morgan fingerprint density at radius 3 is 2.42 bits per heavy atom. The summed E-state index contributed by atoms with van der Waals surface area (Å²) in [5, 5.41) is 0. The number of hydrogen-bond acceptors (Lipinski definition) is 5. The molecule has 6 heteroatoms. The molecule has 0 aromatic heterocycles. The Kier molecular flexibility index (Phi) is 7.27. The van der Waals surface area contributed by atoms with E-state index in [2.05, 4.69) is 17.8 Å². The maximum Gasteiger partial charge on any atom is 0.417 e. The van der Waals surface area contributed by atoms with Gasteiger partial charge in [0.05, 0.1) is 12.5 Å². The van der Waals surface area contributed by atoms with Crippen LogP contribution in [0.1, 0.15) is 59.8 Å². The minimum absolute atomic E-state index is 0.158. The lowest BCUT2D eigenvalue weighted by Crippen LogP contribution is -2.47. The summed E-state index contributed by atoms with van der Waals surface area (Å²) in [7, 11) is 1.23. The lowest BCUT2D eigenvalue weighted by Gasteiger charge is -2.28. The Balaban J connectivity index is 3.26. The lowest BCUT2D eigenvalue weighted by molar-refractivity contribution is -0.149. The van der Waals surface area contributed by atoms with Crippen molar-refractivity contribution in [3.05, 3.63) is 0 Å². The van der Waals surface area contributed by atoms with Crippen molar-refractivity contribution in [3.63, 3.8) is 0 Å². The predicted octanol–water partition coefficient (Wildman–Crippen LogP) is 2.90. The number of esters is 1. The third-order valence-corrected chi connectivity index (χ3v) is 4.28. The molecule has 142 valence electrons. The Morgan fingerprint density at radius 2 is 1.92 bits per heavy atom. The van der Waals surface area contributed by atoms with Crippen molar-refractivity contribution >= 4 is 18.0 Å².